The van der Waals surface area contributed by atoms with Gasteiger partial charge in [-0.1, -0.05) is 36.4 Å². The van der Waals surface area contributed by atoms with Gasteiger partial charge in [0.2, 0.25) is 0 Å². The highest BCUT2D eigenvalue weighted by Crippen LogP contribution is 2.24. The molecule has 0 N–H and O–H groups in total. The maximum Gasteiger partial charge on any atom is 0.288 e. The van der Waals surface area contributed by atoms with Crippen molar-refractivity contribution in [1.82, 2.24) is 0 Å². The first-order valence-corrected chi connectivity index (χ1v) is 5.47. The molecule has 0 amide bonds. The van der Waals surface area contributed by atoms with E-state index in [1.54, 1.807) is 0 Å². The van der Waals surface area contributed by atoms with Crippen molar-refractivity contribution in [3.8, 4) is 0 Å². The first-order valence-electron chi connectivity index (χ1n) is 5.47. The van der Waals surface area contributed by atoms with Crippen molar-refractivity contribution in [2.45, 2.75) is 0 Å². The van der Waals surface area contributed by atoms with E-state index in [9.17, 15) is 0 Å². The molecule has 3 aromatic carbocycles. The molecular formula is C15H10N2. The van der Waals surface area contributed by atoms with Gasteiger partial charge in [0.25, 0.3) is 6.21 Å². The fraction of sp³-hybridized carbons (Fsp3) is 0. The van der Waals surface area contributed by atoms with Crippen molar-refractivity contribution < 1.29 is 4.79 Å². The van der Waals surface area contributed by atoms with Crippen molar-refractivity contribution in [3.05, 3.63) is 65.7 Å². The molecule has 0 aliphatic rings. The maximum absolute atomic E-state index is 8.66. The van der Waals surface area contributed by atoms with Gasteiger partial charge in [-0.05, 0) is 39.7 Å². The van der Waals surface area contributed by atoms with Crippen LogP contribution >= 0.6 is 0 Å². The van der Waals surface area contributed by atoms with E-state index in [-0.39, 0.29) is 0 Å². The van der Waals surface area contributed by atoms with Crippen molar-refractivity contribution >= 4 is 27.8 Å². The molecule has 0 aliphatic heterocycles. The quantitative estimate of drug-likeness (QED) is 0.259. The number of benzene rings is 3. The zero-order valence-corrected chi connectivity index (χ0v) is 9.17. The van der Waals surface area contributed by atoms with Crippen LogP contribution in [0.15, 0.2) is 54.6 Å². The van der Waals surface area contributed by atoms with Gasteiger partial charge in [-0.2, -0.15) is 4.79 Å². The Kier molecular flexibility index (Phi) is 2.21. The van der Waals surface area contributed by atoms with Crippen LogP contribution in [0.1, 0.15) is 5.56 Å². The van der Waals surface area contributed by atoms with Crippen molar-refractivity contribution in [1.29, 1.82) is 0 Å². The first-order chi connectivity index (χ1) is 8.38. The predicted octanol–water partition coefficient (Wildman–Crippen LogP) is 3.64. The summed E-state index contributed by atoms with van der Waals surface area (Å²) in [6.07, 6.45) is 1.47. The second-order valence-electron chi connectivity index (χ2n) is 4.01. The molecule has 2 heteroatoms. The third-order valence-electron chi connectivity index (χ3n) is 2.98. The van der Waals surface area contributed by atoms with Crippen molar-refractivity contribution in [2.75, 3.05) is 0 Å². The van der Waals surface area contributed by atoms with Crippen LogP contribution in [0, 0.1) is 0 Å². The lowest BCUT2D eigenvalue weighted by atomic mass is 10.0. The van der Waals surface area contributed by atoms with E-state index in [0.717, 1.165) is 16.3 Å². The lowest BCUT2D eigenvalue weighted by Crippen LogP contribution is -1.85. The minimum absolute atomic E-state index is 0.927. The van der Waals surface area contributed by atoms with Gasteiger partial charge >= 0.3 is 0 Å². The lowest BCUT2D eigenvalue weighted by Gasteiger charge is -2.03. The van der Waals surface area contributed by atoms with E-state index in [0.29, 0.717) is 0 Å². The second-order valence-corrected chi connectivity index (χ2v) is 4.01. The van der Waals surface area contributed by atoms with Gasteiger partial charge in [-0.25, -0.2) is 0 Å². The SMILES string of the molecule is [N-]=[N+]=Cc1cccc2cc3ccccc3cc12. The van der Waals surface area contributed by atoms with Gasteiger partial charge in [0.15, 0.2) is 0 Å². The summed E-state index contributed by atoms with van der Waals surface area (Å²) in [7, 11) is 0. The molecule has 0 radical (unpaired) electrons. The van der Waals surface area contributed by atoms with Gasteiger partial charge in [-0.15, -0.1) is 0 Å². The zero-order valence-electron chi connectivity index (χ0n) is 9.17. The summed E-state index contributed by atoms with van der Waals surface area (Å²) in [5.41, 5.74) is 9.59. The van der Waals surface area contributed by atoms with Gasteiger partial charge in [0.05, 0.1) is 5.56 Å². The molecule has 0 unspecified atom stereocenters. The lowest BCUT2D eigenvalue weighted by molar-refractivity contribution is 0.00467. The van der Waals surface area contributed by atoms with E-state index < -0.39 is 0 Å². The number of rotatable bonds is 1. The van der Waals surface area contributed by atoms with Crippen LogP contribution < -0.4 is 0 Å². The smallest absolute Gasteiger partial charge is 0.288 e. The van der Waals surface area contributed by atoms with Crippen LogP contribution in [-0.2, 0) is 0 Å². The van der Waals surface area contributed by atoms with Crippen LogP contribution in [0.2, 0.25) is 0 Å². The second kappa shape index (κ2) is 3.85. The van der Waals surface area contributed by atoms with E-state index in [1.807, 2.05) is 24.3 Å². The van der Waals surface area contributed by atoms with E-state index in [1.165, 1.54) is 17.0 Å². The van der Waals surface area contributed by atoms with Crippen molar-refractivity contribution in [3.63, 3.8) is 0 Å². The molecular weight excluding hydrogens is 208 g/mol. The fourth-order valence-corrected chi connectivity index (χ4v) is 2.17. The Labute approximate surface area is 98.7 Å². The molecule has 0 saturated heterocycles. The Morgan fingerprint density at radius 1 is 0.824 bits per heavy atom. The molecule has 0 bridgehead atoms. The Bertz CT molecular complexity index is 753. The molecule has 80 valence electrons. The average molecular weight is 218 g/mol. The van der Waals surface area contributed by atoms with E-state index >= 15 is 0 Å². The Morgan fingerprint density at radius 2 is 1.53 bits per heavy atom. The average Bonchev–Trinajstić information content (AvgIpc) is 2.37. The Balaban J connectivity index is 2.47. The van der Waals surface area contributed by atoms with Crippen LogP contribution in [-0.4, -0.2) is 11.0 Å². The molecule has 3 rings (SSSR count). The van der Waals surface area contributed by atoms with Gasteiger partial charge in [0, 0.05) is 0 Å². The van der Waals surface area contributed by atoms with Crippen LogP contribution in [0.4, 0.5) is 0 Å². The highest BCUT2D eigenvalue weighted by atomic mass is 14.8. The largest absolute Gasteiger partial charge is 0.361 e. The summed E-state index contributed by atoms with van der Waals surface area (Å²) >= 11 is 0. The van der Waals surface area contributed by atoms with Crippen LogP contribution in [0.3, 0.4) is 0 Å². The highest BCUT2D eigenvalue weighted by molar-refractivity contribution is 6.05. The topological polar surface area (TPSA) is 36.4 Å². The number of hydrogen-bond acceptors (Lipinski definition) is 0. The van der Waals surface area contributed by atoms with Gasteiger partial charge in [0.1, 0.15) is 0 Å². The third kappa shape index (κ3) is 1.61. The summed E-state index contributed by atoms with van der Waals surface area (Å²) in [4.78, 5) is 3.11. The first kappa shape index (κ1) is 9.76. The normalized spacial score (nSPS) is 10.4. The summed E-state index contributed by atoms with van der Waals surface area (Å²) in [6.45, 7) is 0. The maximum atomic E-state index is 8.66. The van der Waals surface area contributed by atoms with E-state index in [4.69, 9.17) is 5.53 Å². The fourth-order valence-electron chi connectivity index (χ4n) is 2.17. The molecule has 0 saturated carbocycles. The number of fused-ring (bicyclic) bond motifs is 2. The molecule has 0 aromatic heterocycles. The zero-order chi connectivity index (χ0) is 11.7. The third-order valence-corrected chi connectivity index (χ3v) is 2.98. The Morgan fingerprint density at radius 3 is 2.29 bits per heavy atom. The van der Waals surface area contributed by atoms with Crippen molar-refractivity contribution in [2.24, 2.45) is 0 Å². The van der Waals surface area contributed by atoms with E-state index in [2.05, 4.69) is 35.1 Å². The van der Waals surface area contributed by atoms with Gasteiger partial charge in [-0.3, -0.25) is 0 Å². The number of nitrogens with zero attached hydrogens (tertiary/aromatic N) is 2. The number of hydrogen-bond donors (Lipinski definition) is 0. The predicted molar refractivity (Wildman–Crippen MR) is 70.2 cm³/mol. The molecule has 0 atom stereocenters. The summed E-state index contributed by atoms with van der Waals surface area (Å²) in [6, 6.07) is 18.5. The molecule has 0 aliphatic carbocycles. The minimum Gasteiger partial charge on any atom is -0.361 e. The summed E-state index contributed by atoms with van der Waals surface area (Å²) < 4.78 is 0. The highest BCUT2D eigenvalue weighted by Gasteiger charge is 2.03. The van der Waals surface area contributed by atoms with Gasteiger partial charge < -0.3 is 5.53 Å². The molecule has 0 spiro atoms. The monoisotopic (exact) mass is 218 g/mol. The summed E-state index contributed by atoms with van der Waals surface area (Å²) in [5.74, 6) is 0. The van der Waals surface area contributed by atoms with Crippen LogP contribution in [0.5, 0.6) is 0 Å². The molecule has 2 nitrogen and oxygen atoms in total. The molecule has 3 aromatic rings. The standard InChI is InChI=1S/C15H10N2/c16-17-10-14-7-3-6-13-8-11-4-1-2-5-12(11)9-15(13)14/h1-10H. The Hall–Kier alpha value is -2.44. The molecule has 0 fully saturated rings. The molecule has 17 heavy (non-hydrogen) atoms. The van der Waals surface area contributed by atoms with Crippen LogP contribution in [0.25, 0.3) is 27.1 Å². The summed E-state index contributed by atoms with van der Waals surface area (Å²) in [5, 5.41) is 4.67. The minimum atomic E-state index is 0.927. The molecule has 0 heterocycles.